The highest BCUT2D eigenvalue weighted by atomic mass is 19.1. The van der Waals surface area contributed by atoms with Gasteiger partial charge in [0.1, 0.15) is 5.82 Å². The molecule has 21 heavy (non-hydrogen) atoms. The predicted molar refractivity (Wildman–Crippen MR) is 82.6 cm³/mol. The van der Waals surface area contributed by atoms with Gasteiger partial charge in [-0.25, -0.2) is 4.39 Å². The summed E-state index contributed by atoms with van der Waals surface area (Å²) in [6.45, 7) is 2.72. The zero-order valence-corrected chi connectivity index (χ0v) is 12.2. The summed E-state index contributed by atoms with van der Waals surface area (Å²) in [7, 11) is 0. The molecule has 0 fully saturated rings. The van der Waals surface area contributed by atoms with Crippen LogP contribution in [0.25, 0.3) is 0 Å². The van der Waals surface area contributed by atoms with Gasteiger partial charge in [-0.1, -0.05) is 49.4 Å². The van der Waals surface area contributed by atoms with Crippen LogP contribution in [-0.2, 0) is 11.2 Å². The van der Waals surface area contributed by atoms with Crippen molar-refractivity contribution in [1.29, 1.82) is 0 Å². The van der Waals surface area contributed by atoms with Crippen molar-refractivity contribution in [3.05, 3.63) is 71.5 Å². The maximum Gasteiger partial charge on any atom is 0.220 e. The highest BCUT2D eigenvalue weighted by Crippen LogP contribution is 2.13. The summed E-state index contributed by atoms with van der Waals surface area (Å²) in [4.78, 5) is 11.8. The summed E-state index contributed by atoms with van der Waals surface area (Å²) >= 11 is 0. The number of carbonyl (C=O) groups excluding carboxylic acids is 1. The number of nitrogens with one attached hydrogen (secondary N) is 1. The van der Waals surface area contributed by atoms with Crippen molar-refractivity contribution in [3.8, 4) is 0 Å². The first kappa shape index (κ1) is 15.2. The summed E-state index contributed by atoms with van der Waals surface area (Å²) < 4.78 is 12.8. The molecule has 0 heterocycles. The molecule has 1 N–H and O–H groups in total. The number of hydrogen-bond acceptors (Lipinski definition) is 1. The van der Waals surface area contributed by atoms with E-state index < -0.39 is 0 Å². The molecule has 2 rings (SSSR count). The Kier molecular flexibility index (Phi) is 5.50. The zero-order chi connectivity index (χ0) is 15.1. The van der Waals surface area contributed by atoms with Gasteiger partial charge in [-0.3, -0.25) is 4.79 Å². The maximum absolute atomic E-state index is 12.8. The smallest absolute Gasteiger partial charge is 0.220 e. The van der Waals surface area contributed by atoms with E-state index in [1.807, 2.05) is 18.2 Å². The Morgan fingerprint density at radius 1 is 1.10 bits per heavy atom. The van der Waals surface area contributed by atoms with Gasteiger partial charge in [0.25, 0.3) is 0 Å². The van der Waals surface area contributed by atoms with Crippen molar-refractivity contribution in [2.45, 2.75) is 25.7 Å². The standard InChI is InChI=1S/C18H20FNO/c1-14(16-5-3-2-4-6-16)13-20-18(21)12-9-15-7-10-17(19)11-8-15/h2-8,10-11,14H,9,12-13H2,1H3,(H,20,21). The van der Waals surface area contributed by atoms with Crippen molar-refractivity contribution in [2.24, 2.45) is 0 Å². The SMILES string of the molecule is CC(CNC(=O)CCc1ccc(F)cc1)c1ccccc1. The van der Waals surface area contributed by atoms with Crippen molar-refractivity contribution in [1.82, 2.24) is 5.32 Å². The molecule has 1 unspecified atom stereocenters. The second-order valence-corrected chi connectivity index (χ2v) is 5.24. The fraction of sp³-hybridized carbons (Fsp3) is 0.278. The van der Waals surface area contributed by atoms with E-state index in [9.17, 15) is 9.18 Å². The lowest BCUT2D eigenvalue weighted by atomic mass is 10.0. The van der Waals surface area contributed by atoms with Gasteiger partial charge in [0.05, 0.1) is 0 Å². The van der Waals surface area contributed by atoms with Crippen LogP contribution in [-0.4, -0.2) is 12.5 Å². The first-order valence-electron chi connectivity index (χ1n) is 7.21. The number of benzene rings is 2. The van der Waals surface area contributed by atoms with Crippen LogP contribution in [0, 0.1) is 5.82 Å². The third-order valence-electron chi connectivity index (χ3n) is 3.53. The molecule has 1 atom stereocenters. The average Bonchev–Trinajstić information content (AvgIpc) is 2.53. The van der Waals surface area contributed by atoms with Gasteiger partial charge in [0, 0.05) is 13.0 Å². The average molecular weight is 285 g/mol. The predicted octanol–water partition coefficient (Wildman–Crippen LogP) is 3.68. The largest absolute Gasteiger partial charge is 0.355 e. The monoisotopic (exact) mass is 285 g/mol. The normalized spacial score (nSPS) is 11.9. The van der Waals surface area contributed by atoms with Crippen LogP contribution < -0.4 is 5.32 Å². The van der Waals surface area contributed by atoms with Crippen molar-refractivity contribution < 1.29 is 9.18 Å². The Labute approximate surface area is 125 Å². The topological polar surface area (TPSA) is 29.1 Å². The molecule has 0 aliphatic rings. The van der Waals surface area contributed by atoms with E-state index in [2.05, 4.69) is 24.4 Å². The quantitative estimate of drug-likeness (QED) is 0.862. The van der Waals surface area contributed by atoms with E-state index in [1.165, 1.54) is 17.7 Å². The molecule has 0 aliphatic carbocycles. The van der Waals surface area contributed by atoms with Gasteiger partial charge in [-0.2, -0.15) is 0 Å². The molecule has 1 amide bonds. The molecule has 0 radical (unpaired) electrons. The second kappa shape index (κ2) is 7.58. The molecule has 2 aromatic rings. The molecule has 0 bridgehead atoms. The van der Waals surface area contributed by atoms with Gasteiger partial charge in [-0.05, 0) is 35.6 Å². The fourth-order valence-electron chi connectivity index (χ4n) is 2.16. The van der Waals surface area contributed by atoms with Crippen LogP contribution in [0.3, 0.4) is 0 Å². The summed E-state index contributed by atoms with van der Waals surface area (Å²) in [5.74, 6) is 0.0722. The van der Waals surface area contributed by atoms with E-state index in [-0.39, 0.29) is 11.7 Å². The van der Waals surface area contributed by atoms with E-state index >= 15 is 0 Å². The minimum atomic E-state index is -0.250. The molecule has 0 aromatic heterocycles. The van der Waals surface area contributed by atoms with Gasteiger partial charge in [0.2, 0.25) is 5.91 Å². The molecule has 0 saturated carbocycles. The van der Waals surface area contributed by atoms with Gasteiger partial charge in [0.15, 0.2) is 0 Å². The third-order valence-corrected chi connectivity index (χ3v) is 3.53. The lowest BCUT2D eigenvalue weighted by Crippen LogP contribution is -2.27. The summed E-state index contributed by atoms with van der Waals surface area (Å²) in [5.41, 5.74) is 2.19. The maximum atomic E-state index is 12.8. The molecule has 2 aromatic carbocycles. The number of aryl methyl sites for hydroxylation is 1. The lowest BCUT2D eigenvalue weighted by molar-refractivity contribution is -0.121. The molecule has 0 spiro atoms. The zero-order valence-electron chi connectivity index (χ0n) is 12.2. The van der Waals surface area contributed by atoms with Crippen molar-refractivity contribution in [3.63, 3.8) is 0 Å². The summed E-state index contributed by atoms with van der Waals surface area (Å²) in [6.07, 6.45) is 1.05. The molecular weight excluding hydrogens is 265 g/mol. The Hall–Kier alpha value is -2.16. The van der Waals surface area contributed by atoms with Crippen molar-refractivity contribution in [2.75, 3.05) is 6.54 Å². The number of hydrogen-bond donors (Lipinski definition) is 1. The highest BCUT2D eigenvalue weighted by molar-refractivity contribution is 5.76. The van der Waals surface area contributed by atoms with Crippen LogP contribution >= 0.6 is 0 Å². The van der Waals surface area contributed by atoms with Gasteiger partial charge >= 0.3 is 0 Å². The van der Waals surface area contributed by atoms with Crippen LogP contribution in [0.4, 0.5) is 4.39 Å². The van der Waals surface area contributed by atoms with Crippen LogP contribution in [0.2, 0.25) is 0 Å². The highest BCUT2D eigenvalue weighted by Gasteiger charge is 2.07. The van der Waals surface area contributed by atoms with E-state index in [0.29, 0.717) is 25.3 Å². The third kappa shape index (κ3) is 5.03. The van der Waals surface area contributed by atoms with E-state index in [1.54, 1.807) is 12.1 Å². The van der Waals surface area contributed by atoms with E-state index in [0.717, 1.165) is 5.56 Å². The molecule has 3 heteroatoms. The molecule has 2 nitrogen and oxygen atoms in total. The minimum absolute atomic E-state index is 0.0297. The van der Waals surface area contributed by atoms with Gasteiger partial charge in [-0.15, -0.1) is 0 Å². The summed E-state index contributed by atoms with van der Waals surface area (Å²) in [5, 5.41) is 2.95. The lowest BCUT2D eigenvalue weighted by Gasteiger charge is -2.13. The number of halogens is 1. The van der Waals surface area contributed by atoms with Crippen LogP contribution in [0.15, 0.2) is 54.6 Å². The molecule has 0 saturated heterocycles. The molecular formula is C18H20FNO. The van der Waals surface area contributed by atoms with E-state index in [4.69, 9.17) is 0 Å². The fourth-order valence-corrected chi connectivity index (χ4v) is 2.16. The van der Waals surface area contributed by atoms with Crippen LogP contribution in [0.1, 0.15) is 30.4 Å². The summed E-state index contributed by atoms with van der Waals surface area (Å²) in [6, 6.07) is 16.4. The van der Waals surface area contributed by atoms with Crippen LogP contribution in [0.5, 0.6) is 0 Å². The minimum Gasteiger partial charge on any atom is -0.355 e. The number of amides is 1. The first-order valence-corrected chi connectivity index (χ1v) is 7.21. The Morgan fingerprint density at radius 3 is 2.43 bits per heavy atom. The second-order valence-electron chi connectivity index (χ2n) is 5.24. The Bertz CT molecular complexity index is 566. The Balaban J connectivity index is 1.73. The first-order chi connectivity index (χ1) is 10.1. The molecule has 0 aliphatic heterocycles. The Morgan fingerprint density at radius 2 is 1.76 bits per heavy atom. The number of carbonyl (C=O) groups is 1. The molecule has 110 valence electrons. The van der Waals surface area contributed by atoms with Gasteiger partial charge < -0.3 is 5.32 Å². The number of rotatable bonds is 6. The van der Waals surface area contributed by atoms with Crippen molar-refractivity contribution >= 4 is 5.91 Å².